The molecule has 0 radical (unpaired) electrons. The van der Waals surface area contributed by atoms with Crippen molar-refractivity contribution in [3.63, 3.8) is 0 Å². The van der Waals surface area contributed by atoms with Crippen LogP contribution in [0.15, 0.2) is 30.7 Å². The summed E-state index contributed by atoms with van der Waals surface area (Å²) in [5, 5.41) is 9.40. The Morgan fingerprint density at radius 3 is 2.76 bits per heavy atom. The average molecular weight is 472 g/mol. The number of rotatable bonds is 6. The predicted octanol–water partition coefficient (Wildman–Crippen LogP) is 2.51. The first-order chi connectivity index (χ1) is 16.4. The van der Waals surface area contributed by atoms with Crippen LogP contribution in [0.5, 0.6) is 11.5 Å². The largest absolute Gasteiger partial charge is 0.478 e. The summed E-state index contributed by atoms with van der Waals surface area (Å²) < 4.78 is 25.3. The molecular weight excluding hydrogens is 441 g/mol. The zero-order valence-electron chi connectivity index (χ0n) is 19.0. The second-order valence-electron chi connectivity index (χ2n) is 9.71. The number of aromatic carboxylic acids is 1. The minimum absolute atomic E-state index is 0.0550. The second-order valence-corrected chi connectivity index (χ2v) is 9.71. The van der Waals surface area contributed by atoms with Gasteiger partial charge in [-0.2, -0.15) is 0 Å². The van der Waals surface area contributed by atoms with Crippen molar-refractivity contribution in [2.24, 2.45) is 11.1 Å². The standard InChI is InChI=1S/C24H30FN5O4/c25-16-1-4-20(19(9-16)23(31)32)34-21-10-27-15-28-22(21)30-13-24(14-30)5-7-29(8-6-24)11-18-3-2-17(26)12-33-18/h1,4,9-10,15,17-18H,2-3,5-8,11-14,26H2,(H,31,32)/t17-,18+/m1/s1. The Morgan fingerprint density at radius 1 is 1.26 bits per heavy atom. The summed E-state index contributed by atoms with van der Waals surface area (Å²) >= 11 is 0. The minimum Gasteiger partial charge on any atom is -0.478 e. The van der Waals surface area contributed by atoms with E-state index >= 15 is 0 Å². The number of nitrogens with two attached hydrogens (primary N) is 1. The Balaban J connectivity index is 1.19. The van der Waals surface area contributed by atoms with Crippen LogP contribution in [0.4, 0.5) is 10.2 Å². The molecule has 0 bridgehead atoms. The van der Waals surface area contributed by atoms with Crippen LogP contribution in [-0.2, 0) is 4.74 Å². The van der Waals surface area contributed by atoms with Crippen LogP contribution in [0.25, 0.3) is 0 Å². The van der Waals surface area contributed by atoms with E-state index in [0.717, 1.165) is 64.5 Å². The third kappa shape index (κ3) is 4.84. The molecular formula is C24H30FN5O4. The molecule has 2 atom stereocenters. The zero-order valence-corrected chi connectivity index (χ0v) is 19.0. The fraction of sp³-hybridized carbons (Fsp3) is 0.542. The van der Waals surface area contributed by atoms with Crippen LogP contribution in [0.2, 0.25) is 0 Å². The van der Waals surface area contributed by atoms with Crippen molar-refractivity contribution in [2.45, 2.75) is 37.8 Å². The van der Waals surface area contributed by atoms with Crippen molar-refractivity contribution in [3.05, 3.63) is 42.1 Å². The summed E-state index contributed by atoms with van der Waals surface area (Å²) in [6.07, 6.45) is 7.54. The molecule has 3 aliphatic heterocycles. The van der Waals surface area contributed by atoms with E-state index in [-0.39, 0.29) is 28.9 Å². The van der Waals surface area contributed by atoms with Gasteiger partial charge in [-0.05, 0) is 57.0 Å². The first kappa shape index (κ1) is 22.9. The molecule has 3 saturated heterocycles. The average Bonchev–Trinajstić information content (AvgIpc) is 2.81. The molecule has 1 aromatic carbocycles. The molecule has 0 aliphatic carbocycles. The van der Waals surface area contributed by atoms with Gasteiger partial charge in [0.1, 0.15) is 23.5 Å². The summed E-state index contributed by atoms with van der Waals surface area (Å²) in [6, 6.07) is 3.60. The van der Waals surface area contributed by atoms with Crippen LogP contribution < -0.4 is 15.4 Å². The summed E-state index contributed by atoms with van der Waals surface area (Å²) in [7, 11) is 0. The zero-order chi connectivity index (χ0) is 23.7. The van der Waals surface area contributed by atoms with E-state index in [4.69, 9.17) is 15.2 Å². The van der Waals surface area contributed by atoms with Crippen molar-refractivity contribution in [2.75, 3.05) is 44.2 Å². The molecule has 10 heteroatoms. The number of aromatic nitrogens is 2. The van der Waals surface area contributed by atoms with Crippen molar-refractivity contribution in [1.82, 2.24) is 14.9 Å². The predicted molar refractivity (Wildman–Crippen MR) is 123 cm³/mol. The molecule has 0 saturated carbocycles. The first-order valence-corrected chi connectivity index (χ1v) is 11.8. The number of halogens is 1. The highest BCUT2D eigenvalue weighted by Crippen LogP contribution is 2.45. The molecule has 4 heterocycles. The van der Waals surface area contributed by atoms with E-state index in [0.29, 0.717) is 18.2 Å². The minimum atomic E-state index is -1.26. The summed E-state index contributed by atoms with van der Waals surface area (Å²) in [5.74, 6) is -0.862. The van der Waals surface area contributed by atoms with Crippen molar-refractivity contribution < 1.29 is 23.8 Å². The first-order valence-electron chi connectivity index (χ1n) is 11.8. The lowest BCUT2D eigenvalue weighted by Crippen LogP contribution is -2.61. The van der Waals surface area contributed by atoms with Gasteiger partial charge in [-0.25, -0.2) is 19.2 Å². The molecule has 3 N–H and O–H groups in total. The van der Waals surface area contributed by atoms with Crippen LogP contribution >= 0.6 is 0 Å². The van der Waals surface area contributed by atoms with Gasteiger partial charge in [0.25, 0.3) is 0 Å². The molecule has 1 aromatic heterocycles. The molecule has 3 fully saturated rings. The van der Waals surface area contributed by atoms with Crippen LogP contribution in [0.3, 0.4) is 0 Å². The Morgan fingerprint density at radius 2 is 2.06 bits per heavy atom. The van der Waals surface area contributed by atoms with E-state index in [1.165, 1.54) is 24.7 Å². The van der Waals surface area contributed by atoms with Gasteiger partial charge in [0, 0.05) is 31.1 Å². The number of likely N-dealkylation sites (tertiary alicyclic amines) is 1. The number of piperidine rings is 1. The summed E-state index contributed by atoms with van der Waals surface area (Å²) in [5.41, 5.74) is 5.93. The fourth-order valence-corrected chi connectivity index (χ4v) is 5.19. The van der Waals surface area contributed by atoms with Gasteiger partial charge < -0.3 is 30.1 Å². The highest BCUT2D eigenvalue weighted by Gasteiger charge is 2.46. The Hall–Kier alpha value is -2.82. The number of nitrogens with zero attached hydrogens (tertiary/aromatic N) is 4. The smallest absolute Gasteiger partial charge is 0.339 e. The summed E-state index contributed by atoms with van der Waals surface area (Å²) in [6.45, 7) is 5.44. The van der Waals surface area contributed by atoms with Gasteiger partial charge >= 0.3 is 5.97 Å². The molecule has 9 nitrogen and oxygen atoms in total. The van der Waals surface area contributed by atoms with E-state index in [1.807, 2.05) is 0 Å². The van der Waals surface area contributed by atoms with Crippen molar-refractivity contribution in [1.29, 1.82) is 0 Å². The Kier molecular flexibility index (Phi) is 6.37. The van der Waals surface area contributed by atoms with Gasteiger partial charge in [-0.1, -0.05) is 0 Å². The van der Waals surface area contributed by atoms with E-state index < -0.39 is 11.8 Å². The number of hydrogen-bond acceptors (Lipinski definition) is 8. The molecule has 1 spiro atoms. The van der Waals surface area contributed by atoms with Gasteiger partial charge in [0.2, 0.25) is 0 Å². The molecule has 0 amide bonds. The lowest BCUT2D eigenvalue weighted by molar-refractivity contribution is -0.0277. The number of carbonyl (C=O) groups is 1. The van der Waals surface area contributed by atoms with Crippen molar-refractivity contribution >= 4 is 11.8 Å². The third-order valence-electron chi connectivity index (χ3n) is 7.19. The van der Waals surface area contributed by atoms with Gasteiger partial charge in [-0.3, -0.25) is 0 Å². The van der Waals surface area contributed by atoms with Crippen LogP contribution in [0, 0.1) is 11.2 Å². The number of anilines is 1. The maximum absolute atomic E-state index is 13.5. The van der Waals surface area contributed by atoms with Gasteiger partial charge in [0.05, 0.1) is 18.9 Å². The fourth-order valence-electron chi connectivity index (χ4n) is 5.19. The third-order valence-corrected chi connectivity index (χ3v) is 7.19. The molecule has 34 heavy (non-hydrogen) atoms. The van der Waals surface area contributed by atoms with E-state index in [9.17, 15) is 14.3 Å². The molecule has 3 aliphatic rings. The number of carboxylic acid groups (broad SMARTS) is 1. The SMILES string of the molecule is N[C@@H]1CC[C@@H](CN2CCC3(CC2)CN(c2ncncc2Oc2ccc(F)cc2C(=O)O)C3)OC1. The number of benzene rings is 1. The van der Waals surface area contributed by atoms with E-state index in [1.54, 1.807) is 0 Å². The van der Waals surface area contributed by atoms with Gasteiger partial charge in [-0.15, -0.1) is 0 Å². The normalized spacial score (nSPS) is 24.6. The van der Waals surface area contributed by atoms with Gasteiger partial charge in [0.15, 0.2) is 11.6 Å². The summed E-state index contributed by atoms with van der Waals surface area (Å²) in [4.78, 5) is 24.6. The molecule has 182 valence electrons. The Labute approximate surface area is 197 Å². The monoisotopic (exact) mass is 471 g/mol. The molecule has 2 aromatic rings. The quantitative estimate of drug-likeness (QED) is 0.656. The molecule has 0 unspecified atom stereocenters. The number of carboxylic acids is 1. The number of ether oxygens (including phenoxy) is 2. The molecule has 5 rings (SSSR count). The topological polar surface area (TPSA) is 114 Å². The maximum atomic E-state index is 13.5. The number of hydrogen-bond donors (Lipinski definition) is 2. The lowest BCUT2D eigenvalue weighted by atomic mass is 9.72. The lowest BCUT2D eigenvalue weighted by Gasteiger charge is -2.54. The second kappa shape index (κ2) is 9.44. The highest BCUT2D eigenvalue weighted by atomic mass is 19.1. The van der Waals surface area contributed by atoms with Crippen LogP contribution in [-0.4, -0.2) is 77.4 Å². The highest BCUT2D eigenvalue weighted by molar-refractivity contribution is 5.91. The van der Waals surface area contributed by atoms with Crippen LogP contribution in [0.1, 0.15) is 36.0 Å². The van der Waals surface area contributed by atoms with Crippen molar-refractivity contribution in [3.8, 4) is 11.5 Å². The maximum Gasteiger partial charge on any atom is 0.339 e. The Bertz CT molecular complexity index is 1030. The van der Waals surface area contributed by atoms with E-state index in [2.05, 4.69) is 19.8 Å².